The number of nitrogens with zero attached hydrogens (tertiary/aromatic N) is 1. The van der Waals surface area contributed by atoms with E-state index < -0.39 is 0 Å². The third-order valence-corrected chi connectivity index (χ3v) is 2.88. The highest BCUT2D eigenvalue weighted by Crippen LogP contribution is 2.18. The summed E-state index contributed by atoms with van der Waals surface area (Å²) in [4.78, 5) is 4.41. The molecular weight excluding hydrogens is 210 g/mol. The minimum absolute atomic E-state index is 0.173. The lowest BCUT2D eigenvalue weighted by Gasteiger charge is -2.03. The first-order chi connectivity index (χ1) is 8.33. The number of aryl methyl sites for hydroxylation is 1. The maximum absolute atomic E-state index is 8.84. The van der Waals surface area contributed by atoms with Crippen molar-refractivity contribution in [3.8, 4) is 11.3 Å². The van der Waals surface area contributed by atoms with Gasteiger partial charge in [0.1, 0.15) is 0 Å². The summed E-state index contributed by atoms with van der Waals surface area (Å²) in [6, 6.07) is 12.5. The summed E-state index contributed by atoms with van der Waals surface area (Å²) in [6.07, 6.45) is 3.56. The summed E-state index contributed by atoms with van der Waals surface area (Å²) in [5.41, 5.74) is 4.53. The maximum Gasteiger partial charge on any atom is 0.0702 e. The Hall–Kier alpha value is -1.67. The zero-order valence-electron chi connectivity index (χ0n) is 10.1. The Labute approximate surface area is 102 Å². The molecule has 0 aliphatic rings. The Morgan fingerprint density at radius 1 is 1.00 bits per heavy atom. The zero-order chi connectivity index (χ0) is 12.1. The molecule has 1 aromatic heterocycles. The van der Waals surface area contributed by atoms with Gasteiger partial charge in [0, 0.05) is 18.4 Å². The topological polar surface area (TPSA) is 33.1 Å². The van der Waals surface area contributed by atoms with Crippen LogP contribution < -0.4 is 0 Å². The molecule has 2 rings (SSSR count). The van der Waals surface area contributed by atoms with Crippen molar-refractivity contribution in [3.63, 3.8) is 0 Å². The highest BCUT2D eigenvalue weighted by Gasteiger charge is 1.99. The molecular formula is C15H17NO. The van der Waals surface area contributed by atoms with Crippen LogP contribution in [0.4, 0.5) is 0 Å². The van der Waals surface area contributed by atoms with Gasteiger partial charge in [-0.05, 0) is 30.0 Å². The van der Waals surface area contributed by atoms with Crippen LogP contribution in [0, 0.1) is 0 Å². The van der Waals surface area contributed by atoms with E-state index in [-0.39, 0.29) is 6.61 Å². The van der Waals surface area contributed by atoms with Crippen LogP contribution >= 0.6 is 0 Å². The summed E-state index contributed by atoms with van der Waals surface area (Å²) >= 11 is 0. The van der Waals surface area contributed by atoms with Gasteiger partial charge in [-0.15, -0.1) is 0 Å². The highest BCUT2D eigenvalue weighted by molar-refractivity contribution is 5.59. The predicted molar refractivity (Wildman–Crippen MR) is 69.8 cm³/mol. The van der Waals surface area contributed by atoms with Crippen LogP contribution in [0.25, 0.3) is 11.3 Å². The van der Waals surface area contributed by atoms with Crippen LogP contribution in [0.1, 0.15) is 18.1 Å². The lowest BCUT2D eigenvalue weighted by Crippen LogP contribution is -1.92. The van der Waals surface area contributed by atoms with Gasteiger partial charge >= 0.3 is 0 Å². The van der Waals surface area contributed by atoms with Crippen molar-refractivity contribution in [1.82, 2.24) is 4.98 Å². The van der Waals surface area contributed by atoms with Crippen molar-refractivity contribution in [2.24, 2.45) is 0 Å². The van der Waals surface area contributed by atoms with Crippen molar-refractivity contribution in [1.29, 1.82) is 0 Å². The molecule has 2 nitrogen and oxygen atoms in total. The van der Waals surface area contributed by atoms with Crippen LogP contribution in [0.15, 0.2) is 42.6 Å². The highest BCUT2D eigenvalue weighted by atomic mass is 16.2. The normalized spacial score (nSPS) is 10.5. The van der Waals surface area contributed by atoms with Crippen LogP contribution in [0.5, 0.6) is 0 Å². The van der Waals surface area contributed by atoms with Crippen molar-refractivity contribution in [3.05, 3.63) is 53.7 Å². The number of benzene rings is 1. The average Bonchev–Trinajstić information content (AvgIpc) is 2.40. The molecule has 1 aromatic carbocycles. The molecule has 2 heteroatoms. The van der Waals surface area contributed by atoms with E-state index in [9.17, 15) is 0 Å². The Morgan fingerprint density at radius 2 is 1.71 bits per heavy atom. The van der Waals surface area contributed by atoms with Crippen LogP contribution in [0.2, 0.25) is 0 Å². The van der Waals surface area contributed by atoms with E-state index in [1.54, 1.807) is 0 Å². The fourth-order valence-corrected chi connectivity index (χ4v) is 1.78. The molecule has 0 spiro atoms. The molecule has 2 aromatic rings. The molecule has 1 heterocycles. The maximum atomic E-state index is 8.84. The second-order valence-corrected chi connectivity index (χ2v) is 4.08. The van der Waals surface area contributed by atoms with Gasteiger partial charge < -0.3 is 5.11 Å². The summed E-state index contributed by atoms with van der Waals surface area (Å²) in [6.45, 7) is 2.32. The fraction of sp³-hybridized carbons (Fsp3) is 0.267. The SMILES string of the molecule is CCc1ccc(-c2ccc(CCO)cn2)cc1. The van der Waals surface area contributed by atoms with Gasteiger partial charge in [-0.3, -0.25) is 4.98 Å². The molecule has 0 fully saturated rings. The lowest BCUT2D eigenvalue weighted by atomic mass is 10.1. The third kappa shape index (κ3) is 2.92. The van der Waals surface area contributed by atoms with E-state index in [0.717, 1.165) is 23.2 Å². The number of aliphatic hydroxyl groups is 1. The number of aromatic nitrogens is 1. The Bertz CT molecular complexity index is 459. The number of hydrogen-bond acceptors (Lipinski definition) is 2. The minimum Gasteiger partial charge on any atom is -0.396 e. The van der Waals surface area contributed by atoms with Gasteiger partial charge in [0.05, 0.1) is 5.69 Å². The first-order valence-electron chi connectivity index (χ1n) is 5.98. The Balaban J connectivity index is 2.20. The van der Waals surface area contributed by atoms with Crippen molar-refractivity contribution >= 4 is 0 Å². The van der Waals surface area contributed by atoms with Gasteiger partial charge in [0.25, 0.3) is 0 Å². The monoisotopic (exact) mass is 227 g/mol. The smallest absolute Gasteiger partial charge is 0.0702 e. The summed E-state index contributed by atoms with van der Waals surface area (Å²) in [5.74, 6) is 0. The molecule has 0 radical (unpaired) electrons. The van der Waals surface area contributed by atoms with E-state index in [1.165, 1.54) is 5.56 Å². The Morgan fingerprint density at radius 3 is 2.24 bits per heavy atom. The van der Waals surface area contributed by atoms with E-state index in [2.05, 4.69) is 36.2 Å². The van der Waals surface area contributed by atoms with Gasteiger partial charge in [-0.2, -0.15) is 0 Å². The van der Waals surface area contributed by atoms with Crippen LogP contribution in [-0.4, -0.2) is 16.7 Å². The molecule has 17 heavy (non-hydrogen) atoms. The largest absolute Gasteiger partial charge is 0.396 e. The molecule has 0 saturated heterocycles. The number of aliphatic hydroxyl groups excluding tert-OH is 1. The average molecular weight is 227 g/mol. The molecule has 0 unspecified atom stereocenters. The minimum atomic E-state index is 0.173. The molecule has 0 atom stereocenters. The van der Waals surface area contributed by atoms with Crippen LogP contribution in [-0.2, 0) is 12.8 Å². The number of hydrogen-bond donors (Lipinski definition) is 1. The summed E-state index contributed by atoms with van der Waals surface area (Å²) in [7, 11) is 0. The Kier molecular flexibility index (Phi) is 3.89. The van der Waals surface area contributed by atoms with Crippen LogP contribution in [0.3, 0.4) is 0 Å². The van der Waals surface area contributed by atoms with Crippen molar-refractivity contribution < 1.29 is 5.11 Å². The molecule has 0 aliphatic heterocycles. The standard InChI is InChI=1S/C15H17NO/c1-2-12-3-6-14(7-4-12)15-8-5-13(9-10-17)11-16-15/h3-8,11,17H,2,9-10H2,1H3. The fourth-order valence-electron chi connectivity index (χ4n) is 1.78. The van der Waals surface area contributed by atoms with E-state index in [1.807, 2.05) is 18.3 Å². The van der Waals surface area contributed by atoms with Crippen molar-refractivity contribution in [2.45, 2.75) is 19.8 Å². The quantitative estimate of drug-likeness (QED) is 0.871. The molecule has 88 valence electrons. The summed E-state index contributed by atoms with van der Waals surface area (Å²) < 4.78 is 0. The lowest BCUT2D eigenvalue weighted by molar-refractivity contribution is 0.299. The molecule has 0 aliphatic carbocycles. The van der Waals surface area contributed by atoms with E-state index in [0.29, 0.717) is 6.42 Å². The predicted octanol–water partition coefficient (Wildman–Crippen LogP) is 2.85. The van der Waals surface area contributed by atoms with E-state index in [4.69, 9.17) is 5.11 Å². The van der Waals surface area contributed by atoms with Gasteiger partial charge in [-0.25, -0.2) is 0 Å². The second-order valence-electron chi connectivity index (χ2n) is 4.08. The van der Waals surface area contributed by atoms with Gasteiger partial charge in [-0.1, -0.05) is 37.3 Å². The second kappa shape index (κ2) is 5.60. The van der Waals surface area contributed by atoms with Gasteiger partial charge in [0.15, 0.2) is 0 Å². The van der Waals surface area contributed by atoms with Crippen molar-refractivity contribution in [2.75, 3.05) is 6.61 Å². The number of pyridine rings is 1. The first-order valence-corrected chi connectivity index (χ1v) is 5.98. The molecule has 0 saturated carbocycles. The first kappa shape index (κ1) is 11.8. The third-order valence-electron chi connectivity index (χ3n) is 2.88. The molecule has 1 N–H and O–H groups in total. The van der Waals surface area contributed by atoms with E-state index >= 15 is 0 Å². The number of rotatable bonds is 4. The molecule has 0 amide bonds. The summed E-state index contributed by atoms with van der Waals surface area (Å²) in [5, 5.41) is 8.84. The molecule has 0 bridgehead atoms. The zero-order valence-corrected chi connectivity index (χ0v) is 10.1. The van der Waals surface area contributed by atoms with Gasteiger partial charge in [0.2, 0.25) is 0 Å².